The highest BCUT2D eigenvalue weighted by atomic mass is 32.2. The minimum absolute atomic E-state index is 0.0771. The van der Waals surface area contributed by atoms with Gasteiger partial charge in [0.1, 0.15) is 11.4 Å². The molecule has 1 aromatic carbocycles. The number of aliphatic carboxylic acids is 2. The Morgan fingerprint density at radius 1 is 1.26 bits per heavy atom. The average Bonchev–Trinajstić information content (AvgIpc) is 3.32. The summed E-state index contributed by atoms with van der Waals surface area (Å²) in [6, 6.07) is 4.44. The Hall–Kier alpha value is -2.33. The minimum Gasteiger partial charge on any atom is -0.481 e. The first-order chi connectivity index (χ1) is 14.3. The lowest BCUT2D eigenvalue weighted by molar-refractivity contribution is -0.150. The number of ether oxygens (including phenoxy) is 1. The van der Waals surface area contributed by atoms with Gasteiger partial charge in [0.15, 0.2) is 5.54 Å². The molecule has 0 heterocycles. The molecule has 4 N–H and O–H groups in total. The van der Waals surface area contributed by atoms with E-state index in [1.807, 2.05) is 0 Å². The number of fused-ring (bicyclic) bond motifs is 1. The molecular formula is C21H26FNO7S. The number of carboxylic acid groups (broad SMARTS) is 2. The monoisotopic (exact) mass is 455 g/mol. The standard InChI is InChI=1S/C21H26FNO7S/c1-9-7-10(5-6-12(9)22)31-8-11-16(24)13-14(17(25)26)15(13)21(11,18(27)28)23-19(29)30-20(2,3)4/h5-7,11,13-16,24H,8H2,1-4H3,(H,23,29)(H,25,26)(H,27,28)/t11-,13+,14+,15+,16+,21+/m1/s1. The maximum atomic E-state index is 13.5. The Bertz CT molecular complexity index is 917. The van der Waals surface area contributed by atoms with Crippen molar-refractivity contribution in [2.75, 3.05) is 5.75 Å². The lowest BCUT2D eigenvalue weighted by atomic mass is 9.80. The molecule has 0 unspecified atom stereocenters. The molecular weight excluding hydrogens is 429 g/mol. The van der Waals surface area contributed by atoms with Gasteiger partial charge in [0, 0.05) is 28.4 Å². The van der Waals surface area contributed by atoms with Gasteiger partial charge in [-0.1, -0.05) is 0 Å². The highest BCUT2D eigenvalue weighted by Crippen LogP contribution is 2.65. The van der Waals surface area contributed by atoms with Crippen LogP contribution in [0, 0.1) is 36.4 Å². The number of aliphatic hydroxyl groups excluding tert-OH is 1. The van der Waals surface area contributed by atoms with Crippen LogP contribution in [0.15, 0.2) is 23.1 Å². The van der Waals surface area contributed by atoms with Crippen LogP contribution in [0.5, 0.6) is 0 Å². The molecule has 1 aromatic rings. The van der Waals surface area contributed by atoms with Crippen LogP contribution >= 0.6 is 11.8 Å². The fourth-order valence-corrected chi connectivity index (χ4v) is 5.83. The molecule has 31 heavy (non-hydrogen) atoms. The molecule has 0 aliphatic heterocycles. The zero-order valence-electron chi connectivity index (χ0n) is 17.6. The third-order valence-electron chi connectivity index (χ3n) is 5.90. The molecule has 0 saturated heterocycles. The van der Waals surface area contributed by atoms with E-state index in [1.165, 1.54) is 17.8 Å². The van der Waals surface area contributed by atoms with Crippen LogP contribution in [0.3, 0.4) is 0 Å². The highest BCUT2D eigenvalue weighted by molar-refractivity contribution is 7.99. The van der Waals surface area contributed by atoms with Crippen LogP contribution in [0.4, 0.5) is 9.18 Å². The number of aliphatic hydroxyl groups is 1. The van der Waals surface area contributed by atoms with Crippen LogP contribution in [0.25, 0.3) is 0 Å². The molecule has 3 rings (SSSR count). The number of carbonyl (C=O) groups is 3. The second kappa shape index (κ2) is 7.98. The number of aryl methyl sites for hydroxylation is 1. The lowest BCUT2D eigenvalue weighted by Gasteiger charge is -2.37. The van der Waals surface area contributed by atoms with Gasteiger partial charge in [0.25, 0.3) is 0 Å². The van der Waals surface area contributed by atoms with E-state index < -0.39 is 58.9 Å². The fourth-order valence-electron chi connectivity index (χ4n) is 4.58. The van der Waals surface area contributed by atoms with E-state index in [2.05, 4.69) is 5.32 Å². The van der Waals surface area contributed by atoms with Crippen molar-refractivity contribution in [2.24, 2.45) is 23.7 Å². The van der Waals surface area contributed by atoms with E-state index in [4.69, 9.17) is 4.74 Å². The molecule has 170 valence electrons. The van der Waals surface area contributed by atoms with Gasteiger partial charge in [-0.3, -0.25) is 4.79 Å². The Labute approximate surface area is 183 Å². The van der Waals surface area contributed by atoms with E-state index in [-0.39, 0.29) is 11.6 Å². The summed E-state index contributed by atoms with van der Waals surface area (Å²) in [6.45, 7) is 6.46. The van der Waals surface area contributed by atoms with Crippen LogP contribution in [-0.2, 0) is 14.3 Å². The maximum Gasteiger partial charge on any atom is 0.408 e. The quantitative estimate of drug-likeness (QED) is 0.481. The second-order valence-electron chi connectivity index (χ2n) is 9.09. The zero-order valence-corrected chi connectivity index (χ0v) is 18.4. The summed E-state index contributed by atoms with van der Waals surface area (Å²) in [4.78, 5) is 37.2. The van der Waals surface area contributed by atoms with Gasteiger partial charge < -0.3 is 25.4 Å². The van der Waals surface area contributed by atoms with Gasteiger partial charge >= 0.3 is 18.0 Å². The number of nitrogens with one attached hydrogen (secondary N) is 1. The molecule has 8 nitrogen and oxygen atoms in total. The van der Waals surface area contributed by atoms with E-state index in [9.17, 15) is 34.1 Å². The number of benzene rings is 1. The van der Waals surface area contributed by atoms with Gasteiger partial charge in [-0.15, -0.1) is 11.8 Å². The van der Waals surface area contributed by atoms with Crippen molar-refractivity contribution in [1.82, 2.24) is 5.32 Å². The molecule has 0 aromatic heterocycles. The third-order valence-corrected chi connectivity index (χ3v) is 7.01. The number of carboxylic acids is 2. The van der Waals surface area contributed by atoms with Crippen molar-refractivity contribution in [3.8, 4) is 0 Å². The van der Waals surface area contributed by atoms with Crippen molar-refractivity contribution < 1.29 is 38.8 Å². The Kier molecular flexibility index (Phi) is 6.01. The van der Waals surface area contributed by atoms with Crippen LogP contribution in [0.2, 0.25) is 0 Å². The van der Waals surface area contributed by atoms with E-state index >= 15 is 0 Å². The van der Waals surface area contributed by atoms with Gasteiger partial charge in [0.2, 0.25) is 0 Å². The summed E-state index contributed by atoms with van der Waals surface area (Å²) in [5.41, 5.74) is -2.48. The molecule has 6 atom stereocenters. The zero-order chi connectivity index (χ0) is 23.3. The van der Waals surface area contributed by atoms with Gasteiger partial charge in [-0.2, -0.15) is 0 Å². The van der Waals surface area contributed by atoms with Gasteiger partial charge in [0.05, 0.1) is 12.0 Å². The first kappa shape index (κ1) is 23.3. The molecule has 2 aliphatic carbocycles. The summed E-state index contributed by atoms with van der Waals surface area (Å²) in [5.74, 6) is -6.74. The van der Waals surface area contributed by atoms with Crippen LogP contribution in [-0.4, -0.2) is 56.3 Å². The predicted molar refractivity (Wildman–Crippen MR) is 109 cm³/mol. The van der Waals surface area contributed by atoms with Crippen molar-refractivity contribution >= 4 is 29.8 Å². The van der Waals surface area contributed by atoms with E-state index in [0.29, 0.717) is 10.5 Å². The van der Waals surface area contributed by atoms with Crippen LogP contribution in [0.1, 0.15) is 26.3 Å². The second-order valence-corrected chi connectivity index (χ2v) is 10.2. The normalized spacial score (nSPS) is 31.6. The number of rotatable bonds is 6. The first-order valence-corrected chi connectivity index (χ1v) is 10.8. The summed E-state index contributed by atoms with van der Waals surface area (Å²) in [6.07, 6.45) is -2.24. The lowest BCUT2D eigenvalue weighted by Crippen LogP contribution is -2.63. The topological polar surface area (TPSA) is 133 Å². The Morgan fingerprint density at radius 2 is 1.90 bits per heavy atom. The first-order valence-electron chi connectivity index (χ1n) is 9.84. The van der Waals surface area contributed by atoms with Crippen molar-refractivity contribution in [1.29, 1.82) is 0 Å². The summed E-state index contributed by atoms with van der Waals surface area (Å²) in [7, 11) is 0. The molecule has 2 saturated carbocycles. The number of alkyl carbamates (subject to hydrolysis) is 1. The average molecular weight is 456 g/mol. The largest absolute Gasteiger partial charge is 0.481 e. The maximum absolute atomic E-state index is 13.5. The number of thioether (sulfide) groups is 1. The highest BCUT2D eigenvalue weighted by Gasteiger charge is 2.79. The Balaban J connectivity index is 1.91. The van der Waals surface area contributed by atoms with Gasteiger partial charge in [-0.05, 0) is 51.5 Å². The molecule has 2 fully saturated rings. The number of amides is 1. The van der Waals surface area contributed by atoms with Gasteiger partial charge in [-0.25, -0.2) is 14.0 Å². The SMILES string of the molecule is Cc1cc(SC[C@@H]2[C@H](O)[C@H]3[C@H](C(=O)O)[C@H]3[C@]2(NC(=O)OC(C)(C)C)C(=O)O)ccc1F. The Morgan fingerprint density at radius 3 is 2.42 bits per heavy atom. The number of halogens is 1. The molecule has 1 amide bonds. The molecule has 10 heteroatoms. The van der Waals surface area contributed by atoms with Crippen molar-refractivity contribution in [2.45, 2.75) is 49.8 Å². The number of hydrogen-bond donors (Lipinski definition) is 4. The third kappa shape index (κ3) is 4.23. The summed E-state index contributed by atoms with van der Waals surface area (Å²) < 4.78 is 18.8. The summed E-state index contributed by atoms with van der Waals surface area (Å²) in [5, 5.41) is 32.9. The van der Waals surface area contributed by atoms with Crippen molar-refractivity contribution in [3.63, 3.8) is 0 Å². The number of carbonyl (C=O) groups excluding carboxylic acids is 1. The minimum atomic E-state index is -2.00. The van der Waals surface area contributed by atoms with E-state index in [0.717, 1.165) is 0 Å². The summed E-state index contributed by atoms with van der Waals surface area (Å²) >= 11 is 1.21. The molecule has 0 bridgehead atoms. The fraction of sp³-hybridized carbons (Fsp3) is 0.571. The molecule has 2 aliphatic rings. The number of hydrogen-bond acceptors (Lipinski definition) is 6. The smallest absolute Gasteiger partial charge is 0.408 e. The van der Waals surface area contributed by atoms with Crippen molar-refractivity contribution in [3.05, 3.63) is 29.6 Å². The molecule has 0 spiro atoms. The van der Waals surface area contributed by atoms with E-state index in [1.54, 1.807) is 39.8 Å². The predicted octanol–water partition coefficient (Wildman–Crippen LogP) is 2.51. The van der Waals surface area contributed by atoms with Crippen LogP contribution < -0.4 is 5.32 Å². The molecule has 0 radical (unpaired) electrons.